The molecule has 1 amide bonds. The van der Waals surface area contributed by atoms with Crippen molar-refractivity contribution < 1.29 is 18.3 Å². The smallest absolute Gasteiger partial charge is 0.261 e. The van der Waals surface area contributed by atoms with Crippen LogP contribution in [0, 0.1) is 11.3 Å². The number of carbonyl (C=O) groups is 1. The quantitative estimate of drug-likeness (QED) is 0.622. The molecule has 0 fully saturated rings. The van der Waals surface area contributed by atoms with Crippen LogP contribution in [0.25, 0.3) is 0 Å². The van der Waals surface area contributed by atoms with Gasteiger partial charge in [-0.1, -0.05) is 0 Å². The number of amides is 1. The molecule has 0 rings (SSSR count). The van der Waals surface area contributed by atoms with E-state index in [1.807, 2.05) is 6.07 Å². The van der Waals surface area contributed by atoms with Crippen molar-refractivity contribution in [3.63, 3.8) is 0 Å². The minimum atomic E-state index is -2.50. The summed E-state index contributed by atoms with van der Waals surface area (Å²) in [4.78, 5) is 11.0. The van der Waals surface area contributed by atoms with E-state index in [4.69, 9.17) is 5.26 Å². The lowest BCUT2D eigenvalue weighted by Gasteiger charge is -2.04. The molecule has 0 saturated carbocycles. The second-order valence-corrected chi connectivity index (χ2v) is 2.83. The monoisotopic (exact) mass is 220 g/mol. The molecule has 0 bridgehead atoms. The molecule has 1 N–H and O–H groups in total. The number of nitrogens with zero attached hydrogens (tertiary/aromatic N) is 1. The number of unbranched alkanes of at least 4 members (excludes halogenated alkanes) is 1. The molecule has 0 radical (unpaired) electrons. The Morgan fingerprint density at radius 2 is 2.27 bits per heavy atom. The SMILES string of the molecule is N#CCCCNC(=O)CCOCC(F)F. The second kappa shape index (κ2) is 9.34. The summed E-state index contributed by atoms with van der Waals surface area (Å²) in [5.41, 5.74) is 0. The van der Waals surface area contributed by atoms with E-state index in [0.29, 0.717) is 19.4 Å². The molecular weight excluding hydrogens is 206 g/mol. The zero-order valence-corrected chi connectivity index (χ0v) is 8.34. The van der Waals surface area contributed by atoms with Crippen LogP contribution in [0.5, 0.6) is 0 Å². The molecule has 0 heterocycles. The third-order valence-corrected chi connectivity index (χ3v) is 1.50. The molecule has 0 aromatic carbocycles. The van der Waals surface area contributed by atoms with E-state index in [9.17, 15) is 13.6 Å². The van der Waals surface area contributed by atoms with Crippen LogP contribution < -0.4 is 5.32 Å². The van der Waals surface area contributed by atoms with Gasteiger partial charge in [0.2, 0.25) is 5.91 Å². The first kappa shape index (κ1) is 13.8. The summed E-state index contributed by atoms with van der Waals surface area (Å²) in [6.07, 6.45) is -1.44. The van der Waals surface area contributed by atoms with Gasteiger partial charge in [0.15, 0.2) is 0 Å². The largest absolute Gasteiger partial charge is 0.375 e. The number of ether oxygens (including phenoxy) is 1. The molecule has 0 spiro atoms. The number of hydrogen-bond donors (Lipinski definition) is 1. The zero-order chi connectivity index (χ0) is 11.5. The van der Waals surface area contributed by atoms with Crippen molar-refractivity contribution >= 4 is 5.91 Å². The van der Waals surface area contributed by atoms with Crippen LogP contribution in [0.1, 0.15) is 19.3 Å². The van der Waals surface area contributed by atoms with Gasteiger partial charge < -0.3 is 10.1 Å². The Bertz CT molecular complexity index is 217. The van der Waals surface area contributed by atoms with E-state index in [0.717, 1.165) is 0 Å². The van der Waals surface area contributed by atoms with Gasteiger partial charge in [-0.2, -0.15) is 5.26 Å². The summed E-state index contributed by atoms with van der Waals surface area (Å²) in [6.45, 7) is -0.211. The highest BCUT2D eigenvalue weighted by Crippen LogP contribution is 1.93. The van der Waals surface area contributed by atoms with E-state index in [-0.39, 0.29) is 18.9 Å². The summed E-state index contributed by atoms with van der Waals surface area (Å²) in [5, 5.41) is 10.8. The Balaban J connectivity index is 3.23. The molecule has 0 aromatic heterocycles. The van der Waals surface area contributed by atoms with Gasteiger partial charge >= 0.3 is 0 Å². The molecule has 0 aromatic rings. The maximum absolute atomic E-state index is 11.6. The lowest BCUT2D eigenvalue weighted by atomic mass is 10.3. The van der Waals surface area contributed by atoms with Crippen LogP contribution in [-0.2, 0) is 9.53 Å². The highest BCUT2D eigenvalue weighted by atomic mass is 19.3. The third-order valence-electron chi connectivity index (χ3n) is 1.50. The number of nitrogens with one attached hydrogen (secondary N) is 1. The number of hydrogen-bond acceptors (Lipinski definition) is 3. The fourth-order valence-electron chi connectivity index (χ4n) is 0.821. The molecular formula is C9H14F2N2O2. The van der Waals surface area contributed by atoms with Crippen molar-refractivity contribution in [3.05, 3.63) is 0 Å². The van der Waals surface area contributed by atoms with Gasteiger partial charge in [0.25, 0.3) is 6.43 Å². The molecule has 0 aliphatic carbocycles. The summed E-state index contributed by atoms with van der Waals surface area (Å²) in [5.74, 6) is -0.248. The van der Waals surface area contributed by atoms with E-state index >= 15 is 0 Å². The Morgan fingerprint density at radius 1 is 1.53 bits per heavy atom. The van der Waals surface area contributed by atoms with Gasteiger partial charge in [0.1, 0.15) is 6.61 Å². The fraction of sp³-hybridized carbons (Fsp3) is 0.778. The van der Waals surface area contributed by atoms with Gasteiger partial charge in [0.05, 0.1) is 12.7 Å². The van der Waals surface area contributed by atoms with Crippen molar-refractivity contribution in [2.24, 2.45) is 0 Å². The predicted molar refractivity (Wildman–Crippen MR) is 49.3 cm³/mol. The molecule has 6 heteroatoms. The Morgan fingerprint density at radius 3 is 2.87 bits per heavy atom. The zero-order valence-electron chi connectivity index (χ0n) is 8.34. The molecule has 0 unspecified atom stereocenters. The molecule has 0 aliphatic heterocycles. The lowest BCUT2D eigenvalue weighted by molar-refractivity contribution is -0.122. The number of halogens is 2. The van der Waals surface area contributed by atoms with Crippen LogP contribution >= 0.6 is 0 Å². The van der Waals surface area contributed by atoms with Gasteiger partial charge in [-0.3, -0.25) is 4.79 Å². The maximum atomic E-state index is 11.6. The average molecular weight is 220 g/mol. The minimum Gasteiger partial charge on any atom is -0.375 e. The number of carbonyl (C=O) groups excluding carboxylic acids is 1. The van der Waals surface area contributed by atoms with Gasteiger partial charge in [-0.15, -0.1) is 0 Å². The van der Waals surface area contributed by atoms with Crippen LogP contribution in [0.15, 0.2) is 0 Å². The maximum Gasteiger partial charge on any atom is 0.261 e. The van der Waals surface area contributed by atoms with Crippen molar-refractivity contribution in [1.82, 2.24) is 5.32 Å². The molecule has 0 atom stereocenters. The van der Waals surface area contributed by atoms with E-state index in [2.05, 4.69) is 10.1 Å². The number of nitriles is 1. The van der Waals surface area contributed by atoms with Crippen LogP contribution in [0.4, 0.5) is 8.78 Å². The van der Waals surface area contributed by atoms with Crippen LogP contribution in [0.2, 0.25) is 0 Å². The Kier molecular flexibility index (Phi) is 8.58. The molecule has 15 heavy (non-hydrogen) atoms. The van der Waals surface area contributed by atoms with Crippen molar-refractivity contribution in [2.45, 2.75) is 25.7 Å². The lowest BCUT2D eigenvalue weighted by Crippen LogP contribution is -2.25. The van der Waals surface area contributed by atoms with Crippen molar-refractivity contribution in [2.75, 3.05) is 19.8 Å². The highest BCUT2D eigenvalue weighted by molar-refractivity contribution is 5.75. The molecule has 0 aliphatic rings. The van der Waals surface area contributed by atoms with Crippen LogP contribution in [-0.4, -0.2) is 32.1 Å². The van der Waals surface area contributed by atoms with Gasteiger partial charge in [-0.05, 0) is 6.42 Å². The summed E-state index contributed by atoms with van der Waals surface area (Å²) < 4.78 is 27.7. The topological polar surface area (TPSA) is 62.1 Å². The van der Waals surface area contributed by atoms with Crippen LogP contribution in [0.3, 0.4) is 0 Å². The Labute approximate surface area is 87.2 Å². The van der Waals surface area contributed by atoms with Gasteiger partial charge in [0, 0.05) is 19.4 Å². The van der Waals surface area contributed by atoms with Crippen molar-refractivity contribution in [1.29, 1.82) is 5.26 Å². The third kappa shape index (κ3) is 10.7. The van der Waals surface area contributed by atoms with Crippen molar-refractivity contribution in [3.8, 4) is 6.07 Å². The summed E-state index contributed by atoms with van der Waals surface area (Å²) in [6, 6.07) is 1.95. The number of rotatable bonds is 8. The first-order valence-electron chi connectivity index (χ1n) is 4.66. The summed E-state index contributed by atoms with van der Waals surface area (Å²) in [7, 11) is 0. The number of alkyl halides is 2. The molecule has 86 valence electrons. The van der Waals surface area contributed by atoms with E-state index in [1.54, 1.807) is 0 Å². The summed E-state index contributed by atoms with van der Waals surface area (Å²) >= 11 is 0. The predicted octanol–water partition coefficient (Wildman–Crippen LogP) is 1.08. The fourth-order valence-corrected chi connectivity index (χ4v) is 0.821. The Hall–Kier alpha value is -1.22. The average Bonchev–Trinajstić information content (AvgIpc) is 2.19. The van der Waals surface area contributed by atoms with E-state index < -0.39 is 13.0 Å². The molecule has 4 nitrogen and oxygen atoms in total. The first-order valence-corrected chi connectivity index (χ1v) is 4.66. The van der Waals surface area contributed by atoms with E-state index in [1.165, 1.54) is 0 Å². The standard InChI is InChI=1S/C9H14F2N2O2/c10-8(11)7-15-6-3-9(14)13-5-2-1-4-12/h8H,1-3,5-7H2,(H,13,14). The highest BCUT2D eigenvalue weighted by Gasteiger charge is 2.04. The minimum absolute atomic E-state index is 0.00553. The molecule has 0 saturated heterocycles. The second-order valence-electron chi connectivity index (χ2n) is 2.83. The first-order chi connectivity index (χ1) is 7.16. The van der Waals surface area contributed by atoms with Gasteiger partial charge in [-0.25, -0.2) is 8.78 Å². The normalized spacial score (nSPS) is 10.0.